The third kappa shape index (κ3) is 2.73. The Bertz CT molecular complexity index is 718. The molecule has 2 heterocycles. The van der Waals surface area contributed by atoms with Gasteiger partial charge in [-0.25, -0.2) is 4.98 Å². The number of carbonyl (C=O) groups is 2. The first-order chi connectivity index (χ1) is 10.6. The van der Waals surface area contributed by atoms with Crippen LogP contribution in [0.2, 0.25) is 0 Å². The molecule has 1 aliphatic heterocycles. The SMILES string of the molecule is CC(=O)N1CCOc2ccc(NC(=O)c3cnccn3)cc21. The van der Waals surface area contributed by atoms with Crippen molar-refractivity contribution in [2.45, 2.75) is 6.92 Å². The molecule has 0 unspecified atom stereocenters. The van der Waals surface area contributed by atoms with E-state index in [1.54, 1.807) is 23.1 Å². The molecule has 112 valence electrons. The summed E-state index contributed by atoms with van der Waals surface area (Å²) in [7, 11) is 0. The number of benzene rings is 1. The summed E-state index contributed by atoms with van der Waals surface area (Å²) in [6.07, 6.45) is 4.34. The number of carbonyl (C=O) groups excluding carboxylic acids is 2. The van der Waals surface area contributed by atoms with Crippen molar-refractivity contribution < 1.29 is 14.3 Å². The second-order valence-electron chi connectivity index (χ2n) is 4.75. The molecule has 0 atom stereocenters. The van der Waals surface area contributed by atoms with Crippen molar-refractivity contribution >= 4 is 23.2 Å². The van der Waals surface area contributed by atoms with Crippen LogP contribution in [0.3, 0.4) is 0 Å². The van der Waals surface area contributed by atoms with Gasteiger partial charge < -0.3 is 15.0 Å². The van der Waals surface area contributed by atoms with Gasteiger partial charge in [0.05, 0.1) is 18.4 Å². The minimum Gasteiger partial charge on any atom is -0.490 e. The van der Waals surface area contributed by atoms with Crippen LogP contribution in [0.15, 0.2) is 36.8 Å². The highest BCUT2D eigenvalue weighted by Crippen LogP contribution is 2.34. The summed E-state index contributed by atoms with van der Waals surface area (Å²) in [5.41, 5.74) is 1.43. The van der Waals surface area contributed by atoms with Gasteiger partial charge in [-0.3, -0.25) is 14.6 Å². The summed E-state index contributed by atoms with van der Waals surface area (Å²) in [6.45, 7) is 2.45. The predicted molar refractivity (Wildman–Crippen MR) is 79.9 cm³/mol. The molecule has 1 aromatic heterocycles. The Labute approximate surface area is 126 Å². The molecule has 0 aliphatic carbocycles. The van der Waals surface area contributed by atoms with E-state index in [2.05, 4.69) is 15.3 Å². The van der Waals surface area contributed by atoms with E-state index in [0.717, 1.165) is 0 Å². The Morgan fingerprint density at radius 2 is 2.18 bits per heavy atom. The Balaban J connectivity index is 1.85. The van der Waals surface area contributed by atoms with Crippen LogP contribution in [0, 0.1) is 0 Å². The number of hydrogen-bond donors (Lipinski definition) is 1. The molecule has 1 N–H and O–H groups in total. The summed E-state index contributed by atoms with van der Waals surface area (Å²) in [5.74, 6) is 0.194. The van der Waals surface area contributed by atoms with Crippen LogP contribution in [0.5, 0.6) is 5.75 Å². The summed E-state index contributed by atoms with van der Waals surface area (Å²) in [6, 6.07) is 5.16. The number of hydrogen-bond acceptors (Lipinski definition) is 5. The van der Waals surface area contributed by atoms with E-state index in [1.165, 1.54) is 25.5 Å². The van der Waals surface area contributed by atoms with E-state index in [1.807, 2.05) is 0 Å². The second kappa shape index (κ2) is 5.80. The molecule has 0 spiro atoms. The molecule has 2 amide bonds. The van der Waals surface area contributed by atoms with E-state index in [-0.39, 0.29) is 17.5 Å². The highest BCUT2D eigenvalue weighted by molar-refractivity contribution is 6.03. The van der Waals surface area contributed by atoms with E-state index in [9.17, 15) is 9.59 Å². The lowest BCUT2D eigenvalue weighted by Crippen LogP contribution is -2.36. The standard InChI is InChI=1S/C15H14N4O3/c1-10(20)19-6-7-22-14-3-2-11(8-13(14)19)18-15(21)12-9-16-4-5-17-12/h2-5,8-9H,6-7H2,1H3,(H,18,21). The van der Waals surface area contributed by atoms with Gasteiger partial charge in [0.1, 0.15) is 18.1 Å². The molecule has 0 saturated carbocycles. The van der Waals surface area contributed by atoms with Crippen molar-refractivity contribution in [1.82, 2.24) is 9.97 Å². The molecule has 1 aliphatic rings. The minimum atomic E-state index is -0.362. The number of nitrogens with zero attached hydrogens (tertiary/aromatic N) is 3. The molecule has 7 heteroatoms. The molecular formula is C15H14N4O3. The third-order valence-electron chi connectivity index (χ3n) is 3.26. The molecule has 0 bridgehead atoms. The van der Waals surface area contributed by atoms with Gasteiger partial charge in [-0.15, -0.1) is 0 Å². The fourth-order valence-electron chi connectivity index (χ4n) is 2.23. The van der Waals surface area contributed by atoms with Crippen LogP contribution >= 0.6 is 0 Å². The van der Waals surface area contributed by atoms with Gasteiger partial charge in [0.15, 0.2) is 0 Å². The monoisotopic (exact) mass is 298 g/mol. The van der Waals surface area contributed by atoms with Crippen molar-refractivity contribution in [1.29, 1.82) is 0 Å². The summed E-state index contributed by atoms with van der Waals surface area (Å²) in [5, 5.41) is 2.73. The Morgan fingerprint density at radius 3 is 2.91 bits per heavy atom. The molecule has 7 nitrogen and oxygen atoms in total. The van der Waals surface area contributed by atoms with Gasteiger partial charge in [0.25, 0.3) is 5.91 Å². The maximum absolute atomic E-state index is 12.1. The largest absolute Gasteiger partial charge is 0.490 e. The highest BCUT2D eigenvalue weighted by Gasteiger charge is 2.22. The third-order valence-corrected chi connectivity index (χ3v) is 3.26. The van der Waals surface area contributed by atoms with E-state index in [0.29, 0.717) is 30.3 Å². The average molecular weight is 298 g/mol. The van der Waals surface area contributed by atoms with E-state index in [4.69, 9.17) is 4.74 Å². The van der Waals surface area contributed by atoms with Gasteiger partial charge in [0, 0.05) is 25.0 Å². The zero-order chi connectivity index (χ0) is 15.5. The number of ether oxygens (including phenoxy) is 1. The number of rotatable bonds is 2. The normalized spacial score (nSPS) is 13.0. The fourth-order valence-corrected chi connectivity index (χ4v) is 2.23. The minimum absolute atomic E-state index is 0.0676. The summed E-state index contributed by atoms with van der Waals surface area (Å²) < 4.78 is 5.52. The zero-order valence-electron chi connectivity index (χ0n) is 11.9. The van der Waals surface area contributed by atoms with E-state index >= 15 is 0 Å². The van der Waals surface area contributed by atoms with Crippen molar-refractivity contribution in [3.8, 4) is 5.75 Å². The number of aromatic nitrogens is 2. The molecule has 0 radical (unpaired) electrons. The molecule has 0 saturated heterocycles. The van der Waals surface area contributed by atoms with Crippen molar-refractivity contribution in [3.05, 3.63) is 42.5 Å². The molecule has 1 aromatic carbocycles. The van der Waals surface area contributed by atoms with Crippen LogP contribution < -0.4 is 15.0 Å². The highest BCUT2D eigenvalue weighted by atomic mass is 16.5. The van der Waals surface area contributed by atoms with E-state index < -0.39 is 0 Å². The topological polar surface area (TPSA) is 84.4 Å². The van der Waals surface area contributed by atoms with Gasteiger partial charge in [-0.1, -0.05) is 0 Å². The van der Waals surface area contributed by atoms with Crippen LogP contribution in [0.1, 0.15) is 17.4 Å². The first-order valence-electron chi connectivity index (χ1n) is 6.77. The van der Waals surface area contributed by atoms with Crippen LogP contribution in [-0.4, -0.2) is 34.9 Å². The maximum atomic E-state index is 12.1. The first kappa shape index (κ1) is 14.0. The van der Waals surface area contributed by atoms with Crippen LogP contribution in [0.25, 0.3) is 0 Å². The van der Waals surface area contributed by atoms with Crippen molar-refractivity contribution in [2.24, 2.45) is 0 Å². The lowest BCUT2D eigenvalue weighted by Gasteiger charge is -2.29. The Hall–Kier alpha value is -2.96. The quantitative estimate of drug-likeness (QED) is 0.907. The van der Waals surface area contributed by atoms with Gasteiger partial charge in [0.2, 0.25) is 5.91 Å². The maximum Gasteiger partial charge on any atom is 0.275 e. The molecule has 0 fully saturated rings. The van der Waals surface area contributed by atoms with Crippen LogP contribution in [-0.2, 0) is 4.79 Å². The average Bonchev–Trinajstić information content (AvgIpc) is 2.55. The number of anilines is 2. The van der Waals surface area contributed by atoms with Gasteiger partial charge >= 0.3 is 0 Å². The van der Waals surface area contributed by atoms with Crippen molar-refractivity contribution in [2.75, 3.05) is 23.4 Å². The van der Waals surface area contributed by atoms with Gasteiger partial charge in [-0.05, 0) is 18.2 Å². The van der Waals surface area contributed by atoms with Crippen molar-refractivity contribution in [3.63, 3.8) is 0 Å². The Morgan fingerprint density at radius 1 is 1.32 bits per heavy atom. The molecule has 22 heavy (non-hydrogen) atoms. The second-order valence-corrected chi connectivity index (χ2v) is 4.75. The van der Waals surface area contributed by atoms with Crippen LogP contribution in [0.4, 0.5) is 11.4 Å². The number of nitrogens with one attached hydrogen (secondary N) is 1. The molecule has 2 aromatic rings. The summed E-state index contributed by atoms with van der Waals surface area (Å²) >= 11 is 0. The number of amides is 2. The summed E-state index contributed by atoms with van der Waals surface area (Å²) in [4.78, 5) is 33.2. The smallest absolute Gasteiger partial charge is 0.275 e. The molecule has 3 rings (SSSR count). The first-order valence-corrected chi connectivity index (χ1v) is 6.77. The molecular weight excluding hydrogens is 284 g/mol. The van der Waals surface area contributed by atoms with Gasteiger partial charge in [-0.2, -0.15) is 0 Å². The Kier molecular flexibility index (Phi) is 3.69. The predicted octanol–water partition coefficient (Wildman–Crippen LogP) is 1.47. The lowest BCUT2D eigenvalue weighted by atomic mass is 10.2. The fraction of sp³-hybridized carbons (Fsp3) is 0.200. The lowest BCUT2D eigenvalue weighted by molar-refractivity contribution is -0.116. The zero-order valence-corrected chi connectivity index (χ0v) is 11.9. The number of fused-ring (bicyclic) bond motifs is 1.